The fourth-order valence-corrected chi connectivity index (χ4v) is 2.45. The number of hydrogen-bond acceptors (Lipinski definition) is 3. The molecule has 0 heterocycles. The second kappa shape index (κ2) is 5.85. The molecular weight excluding hydrogens is 230 g/mol. The van der Waals surface area contributed by atoms with Gasteiger partial charge in [-0.2, -0.15) is 0 Å². The Morgan fingerprint density at radius 1 is 1.33 bits per heavy atom. The lowest BCUT2D eigenvalue weighted by atomic mass is 9.90. The highest BCUT2D eigenvalue weighted by Gasteiger charge is 2.18. The lowest BCUT2D eigenvalue weighted by Gasteiger charge is -2.21. The minimum absolute atomic E-state index is 0.0661. The Balaban J connectivity index is 2.03. The normalized spacial score (nSPS) is 16.5. The summed E-state index contributed by atoms with van der Waals surface area (Å²) in [6.45, 7) is 2.52. The van der Waals surface area contributed by atoms with Gasteiger partial charge in [-0.05, 0) is 37.3 Å². The van der Waals surface area contributed by atoms with Gasteiger partial charge in [-0.3, -0.25) is 10.1 Å². The van der Waals surface area contributed by atoms with E-state index in [2.05, 4.69) is 0 Å². The summed E-state index contributed by atoms with van der Waals surface area (Å²) in [5.74, 6) is 0.962. The van der Waals surface area contributed by atoms with Crippen molar-refractivity contribution in [2.24, 2.45) is 5.92 Å². The molecule has 0 radical (unpaired) electrons. The van der Waals surface area contributed by atoms with E-state index in [0.29, 0.717) is 18.3 Å². The van der Waals surface area contributed by atoms with Crippen LogP contribution < -0.4 is 4.74 Å². The van der Waals surface area contributed by atoms with Crippen molar-refractivity contribution in [2.45, 2.75) is 39.0 Å². The first-order valence-electron chi connectivity index (χ1n) is 6.54. The van der Waals surface area contributed by atoms with Gasteiger partial charge in [0.15, 0.2) is 5.75 Å². The van der Waals surface area contributed by atoms with Crippen LogP contribution in [0, 0.1) is 23.0 Å². The van der Waals surface area contributed by atoms with Crippen molar-refractivity contribution in [3.8, 4) is 5.75 Å². The van der Waals surface area contributed by atoms with E-state index >= 15 is 0 Å². The highest BCUT2D eigenvalue weighted by molar-refractivity contribution is 5.48. The molecule has 0 amide bonds. The zero-order chi connectivity index (χ0) is 13.0. The summed E-state index contributed by atoms with van der Waals surface area (Å²) in [7, 11) is 0. The van der Waals surface area contributed by atoms with Crippen LogP contribution in [0.1, 0.15) is 37.7 Å². The molecule has 1 fully saturated rings. The molecule has 0 spiro atoms. The molecule has 1 saturated carbocycles. The first-order valence-corrected chi connectivity index (χ1v) is 6.54. The number of rotatable bonds is 4. The number of ether oxygens (including phenoxy) is 1. The maximum atomic E-state index is 10.9. The quantitative estimate of drug-likeness (QED) is 0.601. The van der Waals surface area contributed by atoms with Crippen molar-refractivity contribution >= 4 is 5.69 Å². The molecular formula is C14H19NO3. The van der Waals surface area contributed by atoms with Crippen LogP contribution in [0.25, 0.3) is 0 Å². The van der Waals surface area contributed by atoms with E-state index in [-0.39, 0.29) is 10.6 Å². The summed E-state index contributed by atoms with van der Waals surface area (Å²) >= 11 is 0. The van der Waals surface area contributed by atoms with Crippen molar-refractivity contribution in [3.05, 3.63) is 33.9 Å². The SMILES string of the molecule is Cc1ccc([N+](=O)[O-])c(OCC2CCCCC2)c1. The third kappa shape index (κ3) is 3.22. The number of aryl methyl sites for hydroxylation is 1. The van der Waals surface area contributed by atoms with Gasteiger partial charge in [0.25, 0.3) is 0 Å². The van der Waals surface area contributed by atoms with Gasteiger partial charge in [0.2, 0.25) is 0 Å². The molecule has 0 bridgehead atoms. The van der Waals surface area contributed by atoms with Crippen LogP contribution >= 0.6 is 0 Å². The molecule has 98 valence electrons. The van der Waals surface area contributed by atoms with Gasteiger partial charge in [0.05, 0.1) is 11.5 Å². The van der Waals surface area contributed by atoms with Gasteiger partial charge in [-0.1, -0.05) is 25.3 Å². The lowest BCUT2D eigenvalue weighted by Crippen LogP contribution is -2.15. The predicted molar refractivity (Wildman–Crippen MR) is 69.9 cm³/mol. The summed E-state index contributed by atoms with van der Waals surface area (Å²) in [4.78, 5) is 10.5. The fraction of sp³-hybridized carbons (Fsp3) is 0.571. The molecule has 0 aromatic heterocycles. The molecule has 18 heavy (non-hydrogen) atoms. The first-order chi connectivity index (χ1) is 8.66. The average Bonchev–Trinajstić information content (AvgIpc) is 2.37. The van der Waals surface area contributed by atoms with Crippen LogP contribution in [0.3, 0.4) is 0 Å². The van der Waals surface area contributed by atoms with Crippen LogP contribution in [0.4, 0.5) is 5.69 Å². The van der Waals surface area contributed by atoms with Gasteiger partial charge in [-0.25, -0.2) is 0 Å². The minimum atomic E-state index is -0.379. The molecule has 0 saturated heterocycles. The molecule has 2 rings (SSSR count). The molecule has 0 aliphatic heterocycles. The third-order valence-corrected chi connectivity index (χ3v) is 3.51. The number of nitro benzene ring substituents is 1. The Morgan fingerprint density at radius 2 is 2.06 bits per heavy atom. The Hall–Kier alpha value is -1.58. The van der Waals surface area contributed by atoms with E-state index in [1.54, 1.807) is 12.1 Å². The first kappa shape index (κ1) is 12.9. The van der Waals surface area contributed by atoms with E-state index in [1.807, 2.05) is 6.92 Å². The Morgan fingerprint density at radius 3 is 2.72 bits per heavy atom. The molecule has 1 aromatic carbocycles. The summed E-state index contributed by atoms with van der Waals surface area (Å²) in [6, 6.07) is 5.01. The van der Waals surface area contributed by atoms with Gasteiger partial charge >= 0.3 is 5.69 Å². The van der Waals surface area contributed by atoms with Gasteiger partial charge in [0, 0.05) is 6.07 Å². The topological polar surface area (TPSA) is 52.4 Å². The molecule has 4 nitrogen and oxygen atoms in total. The minimum Gasteiger partial charge on any atom is -0.487 e. The van der Waals surface area contributed by atoms with Crippen molar-refractivity contribution in [1.29, 1.82) is 0 Å². The van der Waals surface area contributed by atoms with Gasteiger partial charge in [0.1, 0.15) is 0 Å². The lowest BCUT2D eigenvalue weighted by molar-refractivity contribution is -0.385. The molecule has 1 aliphatic carbocycles. The molecule has 4 heteroatoms. The second-order valence-electron chi connectivity index (χ2n) is 5.04. The largest absolute Gasteiger partial charge is 0.487 e. The van der Waals surface area contributed by atoms with Crippen molar-refractivity contribution < 1.29 is 9.66 Å². The van der Waals surface area contributed by atoms with E-state index in [4.69, 9.17) is 4.74 Å². The molecule has 0 atom stereocenters. The Bertz CT molecular complexity index is 425. The molecule has 0 unspecified atom stereocenters. The van der Waals surface area contributed by atoms with E-state index in [1.165, 1.54) is 38.2 Å². The summed E-state index contributed by atoms with van der Waals surface area (Å²) < 4.78 is 5.68. The van der Waals surface area contributed by atoms with E-state index < -0.39 is 0 Å². The van der Waals surface area contributed by atoms with Crippen LogP contribution in [0.2, 0.25) is 0 Å². The monoisotopic (exact) mass is 249 g/mol. The van der Waals surface area contributed by atoms with Crippen LogP contribution in [0.15, 0.2) is 18.2 Å². The zero-order valence-corrected chi connectivity index (χ0v) is 10.7. The molecule has 1 aliphatic rings. The van der Waals surface area contributed by atoms with Crippen LogP contribution in [-0.4, -0.2) is 11.5 Å². The van der Waals surface area contributed by atoms with Gasteiger partial charge in [-0.15, -0.1) is 0 Å². The number of nitro groups is 1. The predicted octanol–water partition coefficient (Wildman–Crippen LogP) is 3.86. The standard InChI is InChI=1S/C14H19NO3/c1-11-7-8-13(15(16)17)14(9-11)18-10-12-5-3-2-4-6-12/h7-9,12H,2-6,10H2,1H3. The summed E-state index contributed by atoms with van der Waals surface area (Å²) in [5, 5.41) is 10.9. The number of benzene rings is 1. The Kier molecular flexibility index (Phi) is 4.18. The third-order valence-electron chi connectivity index (χ3n) is 3.51. The zero-order valence-electron chi connectivity index (χ0n) is 10.7. The average molecular weight is 249 g/mol. The molecule has 1 aromatic rings. The van der Waals surface area contributed by atoms with Crippen LogP contribution in [-0.2, 0) is 0 Å². The van der Waals surface area contributed by atoms with Crippen molar-refractivity contribution in [3.63, 3.8) is 0 Å². The smallest absolute Gasteiger partial charge is 0.310 e. The maximum Gasteiger partial charge on any atom is 0.310 e. The molecule has 0 N–H and O–H groups in total. The van der Waals surface area contributed by atoms with Crippen molar-refractivity contribution in [1.82, 2.24) is 0 Å². The van der Waals surface area contributed by atoms with Crippen molar-refractivity contribution in [2.75, 3.05) is 6.61 Å². The second-order valence-corrected chi connectivity index (χ2v) is 5.04. The fourth-order valence-electron chi connectivity index (χ4n) is 2.45. The number of hydrogen-bond donors (Lipinski definition) is 0. The highest BCUT2D eigenvalue weighted by Crippen LogP contribution is 2.30. The highest BCUT2D eigenvalue weighted by atomic mass is 16.6. The Labute approximate surface area is 107 Å². The number of nitrogens with zero attached hydrogens (tertiary/aromatic N) is 1. The van der Waals surface area contributed by atoms with Crippen LogP contribution in [0.5, 0.6) is 5.75 Å². The van der Waals surface area contributed by atoms with E-state index in [0.717, 1.165) is 5.56 Å². The summed E-state index contributed by atoms with van der Waals surface area (Å²) in [6.07, 6.45) is 6.17. The van der Waals surface area contributed by atoms with Gasteiger partial charge < -0.3 is 4.74 Å². The van der Waals surface area contributed by atoms with E-state index in [9.17, 15) is 10.1 Å². The summed E-state index contributed by atoms with van der Waals surface area (Å²) in [5.41, 5.74) is 1.05. The maximum absolute atomic E-state index is 10.9.